The van der Waals surface area contributed by atoms with Crippen LogP contribution in [0.1, 0.15) is 36.0 Å². The standard InChI is InChI=1S/C22H26N6O/c1-28(2)20-18-7-3-4-8-19(18)26-22(27-20)25-17-11-9-16(10-12-17)24-21(29)15-6-5-13-23-14-15/h3-8,13-14,16-17H,9-12H2,1-2H3,(H,24,29)(H,25,26,27). The van der Waals surface area contributed by atoms with Gasteiger partial charge in [-0.05, 0) is 49.9 Å². The number of aromatic nitrogens is 3. The topological polar surface area (TPSA) is 83.0 Å². The van der Waals surface area contributed by atoms with E-state index in [-0.39, 0.29) is 11.9 Å². The lowest BCUT2D eigenvalue weighted by atomic mass is 9.91. The van der Waals surface area contributed by atoms with Crippen LogP contribution in [0.3, 0.4) is 0 Å². The normalized spacial score (nSPS) is 19.0. The van der Waals surface area contributed by atoms with Gasteiger partial charge in [-0.25, -0.2) is 4.98 Å². The van der Waals surface area contributed by atoms with Gasteiger partial charge in [0.25, 0.3) is 5.91 Å². The molecule has 0 spiro atoms. The third kappa shape index (κ3) is 4.45. The number of anilines is 2. The summed E-state index contributed by atoms with van der Waals surface area (Å²) >= 11 is 0. The fourth-order valence-electron chi connectivity index (χ4n) is 3.80. The van der Waals surface area contributed by atoms with Crippen LogP contribution in [0.5, 0.6) is 0 Å². The predicted molar refractivity (Wildman–Crippen MR) is 115 cm³/mol. The molecule has 3 aromatic rings. The van der Waals surface area contributed by atoms with Gasteiger partial charge in [0, 0.05) is 44.0 Å². The first-order valence-electron chi connectivity index (χ1n) is 10.0. The smallest absolute Gasteiger partial charge is 0.253 e. The van der Waals surface area contributed by atoms with Gasteiger partial charge >= 0.3 is 0 Å². The maximum atomic E-state index is 12.3. The number of fused-ring (bicyclic) bond motifs is 1. The number of para-hydroxylation sites is 1. The van der Waals surface area contributed by atoms with Gasteiger partial charge in [0.1, 0.15) is 5.82 Å². The van der Waals surface area contributed by atoms with Gasteiger partial charge in [-0.1, -0.05) is 12.1 Å². The minimum Gasteiger partial charge on any atom is -0.362 e. The summed E-state index contributed by atoms with van der Waals surface area (Å²) in [6, 6.07) is 12.1. The maximum Gasteiger partial charge on any atom is 0.253 e. The Bertz CT molecular complexity index is 983. The molecule has 0 saturated heterocycles. The molecule has 0 unspecified atom stereocenters. The van der Waals surface area contributed by atoms with Crippen molar-refractivity contribution in [3.05, 3.63) is 54.4 Å². The number of pyridine rings is 1. The van der Waals surface area contributed by atoms with Gasteiger partial charge in [0.15, 0.2) is 0 Å². The lowest BCUT2D eigenvalue weighted by Crippen LogP contribution is -2.40. The second-order valence-corrected chi connectivity index (χ2v) is 7.69. The minimum absolute atomic E-state index is 0.0528. The highest BCUT2D eigenvalue weighted by Crippen LogP contribution is 2.26. The Morgan fingerprint density at radius 3 is 2.48 bits per heavy atom. The van der Waals surface area contributed by atoms with E-state index in [1.807, 2.05) is 43.3 Å². The van der Waals surface area contributed by atoms with Crippen LogP contribution < -0.4 is 15.5 Å². The van der Waals surface area contributed by atoms with Crippen molar-refractivity contribution in [2.45, 2.75) is 37.8 Å². The summed E-state index contributed by atoms with van der Waals surface area (Å²) in [5.74, 6) is 1.52. The van der Waals surface area contributed by atoms with Crippen molar-refractivity contribution in [2.75, 3.05) is 24.3 Å². The van der Waals surface area contributed by atoms with E-state index in [1.165, 1.54) is 0 Å². The lowest BCUT2D eigenvalue weighted by molar-refractivity contribution is 0.0926. The summed E-state index contributed by atoms with van der Waals surface area (Å²) in [6.07, 6.45) is 7.05. The zero-order valence-corrected chi connectivity index (χ0v) is 16.8. The number of nitrogens with one attached hydrogen (secondary N) is 2. The van der Waals surface area contributed by atoms with Crippen LogP contribution >= 0.6 is 0 Å². The molecule has 1 aromatic carbocycles. The van der Waals surface area contributed by atoms with E-state index in [2.05, 4.69) is 15.6 Å². The van der Waals surface area contributed by atoms with Crippen molar-refractivity contribution in [3.63, 3.8) is 0 Å². The number of carbonyl (C=O) groups excluding carboxylic acids is 1. The Balaban J connectivity index is 1.38. The molecule has 1 fully saturated rings. The van der Waals surface area contributed by atoms with Crippen LogP contribution in [0.25, 0.3) is 10.9 Å². The molecule has 2 N–H and O–H groups in total. The largest absolute Gasteiger partial charge is 0.362 e. The average Bonchev–Trinajstić information content (AvgIpc) is 2.75. The molecule has 0 radical (unpaired) electrons. The molecule has 150 valence electrons. The molecule has 2 heterocycles. The van der Waals surface area contributed by atoms with Gasteiger partial charge in [0.2, 0.25) is 5.95 Å². The van der Waals surface area contributed by atoms with Gasteiger partial charge in [-0.2, -0.15) is 4.98 Å². The minimum atomic E-state index is -0.0528. The molecule has 4 rings (SSSR count). The molecule has 29 heavy (non-hydrogen) atoms. The van der Waals surface area contributed by atoms with Crippen LogP contribution in [0.4, 0.5) is 11.8 Å². The summed E-state index contributed by atoms with van der Waals surface area (Å²) in [5.41, 5.74) is 1.54. The van der Waals surface area contributed by atoms with Crippen molar-refractivity contribution in [2.24, 2.45) is 0 Å². The first-order valence-corrected chi connectivity index (χ1v) is 10.0. The maximum absolute atomic E-state index is 12.3. The van der Waals surface area contributed by atoms with E-state index in [4.69, 9.17) is 9.97 Å². The Labute approximate surface area is 170 Å². The second-order valence-electron chi connectivity index (χ2n) is 7.69. The Morgan fingerprint density at radius 2 is 1.76 bits per heavy atom. The predicted octanol–water partition coefficient (Wildman–Crippen LogP) is 3.24. The molecule has 0 bridgehead atoms. The summed E-state index contributed by atoms with van der Waals surface area (Å²) < 4.78 is 0. The van der Waals surface area contributed by atoms with Crippen LogP contribution in [0.15, 0.2) is 48.8 Å². The zero-order valence-electron chi connectivity index (χ0n) is 16.8. The monoisotopic (exact) mass is 390 g/mol. The number of benzene rings is 1. The first kappa shape index (κ1) is 19.1. The molecule has 0 atom stereocenters. The fraction of sp³-hybridized carbons (Fsp3) is 0.364. The molecule has 1 amide bonds. The van der Waals surface area contributed by atoms with Crippen molar-refractivity contribution < 1.29 is 4.79 Å². The third-order valence-corrected chi connectivity index (χ3v) is 5.33. The number of nitrogens with zero attached hydrogens (tertiary/aromatic N) is 4. The summed E-state index contributed by atoms with van der Waals surface area (Å²) in [5, 5.41) is 7.67. The van der Waals surface area contributed by atoms with E-state index in [0.717, 1.165) is 42.4 Å². The van der Waals surface area contributed by atoms with E-state index in [1.54, 1.807) is 24.5 Å². The van der Waals surface area contributed by atoms with Crippen molar-refractivity contribution >= 4 is 28.6 Å². The van der Waals surface area contributed by atoms with E-state index < -0.39 is 0 Å². The van der Waals surface area contributed by atoms with Gasteiger partial charge in [0.05, 0.1) is 11.1 Å². The van der Waals surface area contributed by atoms with E-state index >= 15 is 0 Å². The van der Waals surface area contributed by atoms with E-state index in [0.29, 0.717) is 17.6 Å². The lowest BCUT2D eigenvalue weighted by Gasteiger charge is -2.30. The van der Waals surface area contributed by atoms with Crippen LogP contribution in [0.2, 0.25) is 0 Å². The molecule has 1 aliphatic carbocycles. The van der Waals surface area contributed by atoms with Crippen LogP contribution in [-0.4, -0.2) is 47.0 Å². The number of hydrogen-bond acceptors (Lipinski definition) is 6. The number of amides is 1. The second kappa shape index (κ2) is 8.43. The molecular weight excluding hydrogens is 364 g/mol. The molecule has 2 aromatic heterocycles. The van der Waals surface area contributed by atoms with Crippen molar-refractivity contribution in [1.82, 2.24) is 20.3 Å². The van der Waals surface area contributed by atoms with Crippen LogP contribution in [0, 0.1) is 0 Å². The van der Waals surface area contributed by atoms with Crippen molar-refractivity contribution in [3.8, 4) is 0 Å². The highest BCUT2D eigenvalue weighted by molar-refractivity contribution is 5.94. The number of rotatable bonds is 5. The highest BCUT2D eigenvalue weighted by Gasteiger charge is 2.23. The number of hydrogen-bond donors (Lipinski definition) is 2. The Kier molecular flexibility index (Phi) is 5.55. The molecule has 1 aliphatic rings. The fourth-order valence-corrected chi connectivity index (χ4v) is 3.80. The SMILES string of the molecule is CN(C)c1nc(NC2CCC(NC(=O)c3cccnc3)CC2)nc2ccccc12. The van der Waals surface area contributed by atoms with Crippen molar-refractivity contribution in [1.29, 1.82) is 0 Å². The first-order chi connectivity index (χ1) is 14.1. The van der Waals surface area contributed by atoms with Gasteiger partial charge in [-0.3, -0.25) is 9.78 Å². The summed E-state index contributed by atoms with van der Waals surface area (Å²) in [4.78, 5) is 27.8. The molecular formula is C22H26N6O. The highest BCUT2D eigenvalue weighted by atomic mass is 16.1. The summed E-state index contributed by atoms with van der Waals surface area (Å²) in [7, 11) is 3.99. The van der Waals surface area contributed by atoms with Gasteiger partial charge in [-0.15, -0.1) is 0 Å². The number of carbonyl (C=O) groups is 1. The quantitative estimate of drug-likeness (QED) is 0.696. The Hall–Kier alpha value is -3.22. The van der Waals surface area contributed by atoms with Crippen LogP contribution in [-0.2, 0) is 0 Å². The molecule has 1 saturated carbocycles. The molecule has 7 nitrogen and oxygen atoms in total. The third-order valence-electron chi connectivity index (χ3n) is 5.33. The molecule has 7 heteroatoms. The average molecular weight is 390 g/mol. The molecule has 0 aliphatic heterocycles. The summed E-state index contributed by atoms with van der Waals surface area (Å²) in [6.45, 7) is 0. The zero-order chi connectivity index (χ0) is 20.2. The van der Waals surface area contributed by atoms with E-state index in [9.17, 15) is 4.79 Å². The van der Waals surface area contributed by atoms with Gasteiger partial charge < -0.3 is 15.5 Å². The Morgan fingerprint density at radius 1 is 1.00 bits per heavy atom.